The summed E-state index contributed by atoms with van der Waals surface area (Å²) < 4.78 is 5.78. The number of hydrogen-bond acceptors (Lipinski definition) is 4. The molecular formula is C23H41N5O. The number of rotatable bonds is 11. The molecule has 1 fully saturated rings. The van der Waals surface area contributed by atoms with E-state index in [1.807, 2.05) is 6.92 Å². The topological polar surface area (TPSA) is 52.1 Å². The van der Waals surface area contributed by atoms with Gasteiger partial charge in [-0.3, -0.25) is 0 Å². The van der Waals surface area contributed by atoms with E-state index in [0.717, 1.165) is 36.8 Å². The second-order valence-corrected chi connectivity index (χ2v) is 7.65. The molecule has 0 bridgehead atoms. The zero-order valence-electron chi connectivity index (χ0n) is 19.0. The van der Waals surface area contributed by atoms with Gasteiger partial charge in [0, 0.05) is 44.8 Å². The number of guanidine groups is 1. The second kappa shape index (κ2) is 13.4. The van der Waals surface area contributed by atoms with E-state index < -0.39 is 0 Å². The molecular weight excluding hydrogens is 362 g/mol. The molecule has 164 valence electrons. The summed E-state index contributed by atoms with van der Waals surface area (Å²) in [6.07, 6.45) is 2.39. The summed E-state index contributed by atoms with van der Waals surface area (Å²) in [5, 5.41) is 6.83. The maximum atomic E-state index is 5.78. The van der Waals surface area contributed by atoms with Crippen LogP contribution in [0.25, 0.3) is 0 Å². The Balaban J connectivity index is 1.74. The minimum Gasteiger partial charge on any atom is -0.494 e. The lowest BCUT2D eigenvalue weighted by Crippen LogP contribution is -2.46. The van der Waals surface area contributed by atoms with Crippen molar-refractivity contribution in [2.75, 3.05) is 59.0 Å². The van der Waals surface area contributed by atoms with E-state index in [1.165, 1.54) is 51.3 Å². The highest BCUT2D eigenvalue weighted by molar-refractivity contribution is 5.79. The van der Waals surface area contributed by atoms with E-state index in [2.05, 4.69) is 59.4 Å². The summed E-state index contributed by atoms with van der Waals surface area (Å²) >= 11 is 0. The van der Waals surface area contributed by atoms with Crippen molar-refractivity contribution in [3.63, 3.8) is 0 Å². The monoisotopic (exact) mass is 403 g/mol. The molecule has 1 aromatic carbocycles. The van der Waals surface area contributed by atoms with Gasteiger partial charge in [0.25, 0.3) is 0 Å². The summed E-state index contributed by atoms with van der Waals surface area (Å²) in [6, 6.07) is 6.33. The van der Waals surface area contributed by atoms with Crippen molar-refractivity contribution in [3.8, 4) is 5.75 Å². The molecule has 0 spiro atoms. The normalized spacial score (nSPS) is 16.1. The van der Waals surface area contributed by atoms with Gasteiger partial charge in [-0.05, 0) is 58.3 Å². The molecule has 0 amide bonds. The maximum Gasteiger partial charge on any atom is 0.191 e. The molecule has 0 aromatic heterocycles. The van der Waals surface area contributed by atoms with Gasteiger partial charge in [0.15, 0.2) is 5.96 Å². The average molecular weight is 404 g/mol. The smallest absolute Gasteiger partial charge is 0.191 e. The van der Waals surface area contributed by atoms with Crippen molar-refractivity contribution < 1.29 is 4.74 Å². The molecule has 0 aliphatic carbocycles. The Labute approximate surface area is 177 Å². The van der Waals surface area contributed by atoms with Crippen LogP contribution >= 0.6 is 0 Å². The first-order valence-corrected chi connectivity index (χ1v) is 11.4. The van der Waals surface area contributed by atoms with Gasteiger partial charge in [-0.2, -0.15) is 0 Å². The number of likely N-dealkylation sites (N-methyl/N-ethyl adjacent to an activating group) is 1. The van der Waals surface area contributed by atoms with Crippen molar-refractivity contribution in [1.29, 1.82) is 0 Å². The van der Waals surface area contributed by atoms with E-state index in [0.29, 0.717) is 13.2 Å². The van der Waals surface area contributed by atoms with Crippen molar-refractivity contribution in [3.05, 3.63) is 29.3 Å². The molecule has 0 atom stereocenters. The van der Waals surface area contributed by atoms with E-state index in [-0.39, 0.29) is 0 Å². The SMILES string of the molecule is CCNC(=NCc1ccc(C)cc1OCC)NCCCCN1CCN(CC)CC1. The predicted molar refractivity (Wildman–Crippen MR) is 123 cm³/mol. The fraction of sp³-hybridized carbons (Fsp3) is 0.696. The Morgan fingerprint density at radius 3 is 2.48 bits per heavy atom. The van der Waals surface area contributed by atoms with Crippen molar-refractivity contribution >= 4 is 5.96 Å². The van der Waals surface area contributed by atoms with Crippen LogP contribution < -0.4 is 15.4 Å². The van der Waals surface area contributed by atoms with Crippen molar-refractivity contribution in [2.24, 2.45) is 4.99 Å². The Kier molecular flexibility index (Phi) is 10.9. The molecule has 29 heavy (non-hydrogen) atoms. The third-order valence-electron chi connectivity index (χ3n) is 5.38. The van der Waals surface area contributed by atoms with Gasteiger partial charge < -0.3 is 25.2 Å². The van der Waals surface area contributed by atoms with Gasteiger partial charge in [0.2, 0.25) is 0 Å². The molecule has 2 rings (SSSR count). The summed E-state index contributed by atoms with van der Waals surface area (Å²) in [7, 11) is 0. The summed E-state index contributed by atoms with van der Waals surface area (Å²) in [4.78, 5) is 9.89. The minimum atomic E-state index is 0.618. The average Bonchev–Trinajstić information content (AvgIpc) is 2.73. The van der Waals surface area contributed by atoms with Gasteiger partial charge in [-0.15, -0.1) is 0 Å². The molecule has 0 saturated carbocycles. The number of ether oxygens (including phenoxy) is 1. The van der Waals surface area contributed by atoms with E-state index in [9.17, 15) is 0 Å². The highest BCUT2D eigenvalue weighted by Gasteiger charge is 2.14. The molecule has 0 unspecified atom stereocenters. The van der Waals surface area contributed by atoms with E-state index in [1.54, 1.807) is 0 Å². The van der Waals surface area contributed by atoms with Crippen molar-refractivity contribution in [2.45, 2.75) is 47.1 Å². The first-order chi connectivity index (χ1) is 14.2. The van der Waals surface area contributed by atoms with Crippen LogP contribution in [-0.2, 0) is 6.54 Å². The Morgan fingerprint density at radius 1 is 1.03 bits per heavy atom. The quantitative estimate of drug-likeness (QED) is 0.338. The summed E-state index contributed by atoms with van der Waals surface area (Å²) in [5.74, 6) is 1.82. The largest absolute Gasteiger partial charge is 0.494 e. The number of nitrogens with one attached hydrogen (secondary N) is 2. The molecule has 1 aliphatic rings. The molecule has 6 heteroatoms. The molecule has 1 aromatic rings. The van der Waals surface area contributed by atoms with E-state index >= 15 is 0 Å². The van der Waals surface area contributed by atoms with Crippen LogP contribution in [0.1, 0.15) is 44.7 Å². The van der Waals surface area contributed by atoms with Crippen LogP contribution in [0.4, 0.5) is 0 Å². The number of aliphatic imine (C=N–C) groups is 1. The molecule has 2 N–H and O–H groups in total. The molecule has 1 aliphatic heterocycles. The maximum absolute atomic E-state index is 5.78. The number of unbranched alkanes of at least 4 members (excludes halogenated alkanes) is 1. The fourth-order valence-electron chi connectivity index (χ4n) is 3.58. The highest BCUT2D eigenvalue weighted by Crippen LogP contribution is 2.21. The number of hydrogen-bond donors (Lipinski definition) is 2. The second-order valence-electron chi connectivity index (χ2n) is 7.65. The van der Waals surface area contributed by atoms with Gasteiger partial charge in [-0.25, -0.2) is 4.99 Å². The summed E-state index contributed by atoms with van der Waals surface area (Å²) in [5.41, 5.74) is 2.34. The minimum absolute atomic E-state index is 0.618. The van der Waals surface area contributed by atoms with Crippen LogP contribution in [0.5, 0.6) is 5.75 Å². The number of nitrogens with zero attached hydrogens (tertiary/aromatic N) is 3. The number of aryl methyl sites for hydroxylation is 1. The van der Waals surface area contributed by atoms with Crippen LogP contribution in [0.3, 0.4) is 0 Å². The lowest BCUT2D eigenvalue weighted by molar-refractivity contribution is 0.136. The van der Waals surface area contributed by atoms with Gasteiger partial charge in [0.05, 0.1) is 13.2 Å². The lowest BCUT2D eigenvalue weighted by Gasteiger charge is -2.34. The lowest BCUT2D eigenvalue weighted by atomic mass is 10.1. The Hall–Kier alpha value is -1.79. The number of benzene rings is 1. The standard InChI is InChI=1S/C23H41N5O/c1-5-24-23(26-19-21-11-10-20(4)18-22(21)29-7-3)25-12-8-9-13-28-16-14-27(6-2)15-17-28/h10-11,18H,5-9,12-17,19H2,1-4H3,(H2,24,25,26). The zero-order valence-corrected chi connectivity index (χ0v) is 19.0. The highest BCUT2D eigenvalue weighted by atomic mass is 16.5. The Bertz CT molecular complexity index is 611. The molecule has 0 radical (unpaired) electrons. The van der Waals surface area contributed by atoms with E-state index in [4.69, 9.17) is 9.73 Å². The van der Waals surface area contributed by atoms with Gasteiger partial charge in [-0.1, -0.05) is 19.1 Å². The molecule has 1 saturated heterocycles. The number of piperazine rings is 1. The molecule has 6 nitrogen and oxygen atoms in total. The van der Waals surface area contributed by atoms with Gasteiger partial charge in [0.1, 0.15) is 5.75 Å². The first kappa shape index (κ1) is 23.5. The van der Waals surface area contributed by atoms with Crippen LogP contribution in [0.15, 0.2) is 23.2 Å². The Morgan fingerprint density at radius 2 is 1.79 bits per heavy atom. The van der Waals surface area contributed by atoms with Crippen LogP contribution in [0.2, 0.25) is 0 Å². The molecule has 1 heterocycles. The summed E-state index contributed by atoms with van der Waals surface area (Å²) in [6.45, 7) is 18.8. The predicted octanol–water partition coefficient (Wildman–Crippen LogP) is 2.87. The van der Waals surface area contributed by atoms with Crippen LogP contribution in [0, 0.1) is 6.92 Å². The third-order valence-corrected chi connectivity index (χ3v) is 5.38. The van der Waals surface area contributed by atoms with Gasteiger partial charge >= 0.3 is 0 Å². The zero-order chi connectivity index (χ0) is 20.9. The van der Waals surface area contributed by atoms with Crippen LogP contribution in [-0.4, -0.2) is 74.7 Å². The van der Waals surface area contributed by atoms with Crippen molar-refractivity contribution in [1.82, 2.24) is 20.4 Å². The third kappa shape index (κ3) is 8.62. The first-order valence-electron chi connectivity index (χ1n) is 11.4. The fourth-order valence-corrected chi connectivity index (χ4v) is 3.58.